The summed E-state index contributed by atoms with van der Waals surface area (Å²) in [7, 11) is 0. The van der Waals surface area contributed by atoms with Gasteiger partial charge in [0.05, 0.1) is 0 Å². The van der Waals surface area contributed by atoms with Gasteiger partial charge in [-0.15, -0.1) is 0 Å². The van der Waals surface area contributed by atoms with Crippen LogP contribution >= 0.6 is 0 Å². The molecule has 1 radical (unpaired) electrons. The molecule has 1 rings (SSSR count). The summed E-state index contributed by atoms with van der Waals surface area (Å²) in [5.74, 6) is 0. The van der Waals surface area contributed by atoms with Crippen molar-refractivity contribution in [3.8, 4) is 0 Å². The summed E-state index contributed by atoms with van der Waals surface area (Å²) in [5.41, 5.74) is 3.68. The number of rotatable bonds is 4. The maximum atomic E-state index is 10.1. The smallest absolute Gasteiger partial charge is 0.120 e. The van der Waals surface area contributed by atoms with Crippen molar-refractivity contribution >= 4 is 6.29 Å². The van der Waals surface area contributed by atoms with Gasteiger partial charge in [-0.25, -0.2) is 0 Å². The Kier molecular flexibility index (Phi) is 7.30. The molecule has 0 spiro atoms. The fraction of sp³-hybridized carbons (Fsp3) is 0.417. The summed E-state index contributed by atoms with van der Waals surface area (Å²) in [6.07, 6.45) is 3.59. The zero-order chi connectivity index (χ0) is 9.68. The van der Waals surface area contributed by atoms with Crippen molar-refractivity contribution < 1.29 is 37.5 Å². The Balaban J connectivity index is 0.00000169. The number of hydrogen-bond donors (Lipinski definition) is 0. The van der Waals surface area contributed by atoms with Gasteiger partial charge in [-0.3, -0.25) is 0 Å². The molecule has 0 fully saturated rings. The molecular weight excluding hydrogens is 249 g/mol. The van der Waals surface area contributed by atoms with E-state index in [9.17, 15) is 4.79 Å². The fourth-order valence-corrected chi connectivity index (χ4v) is 1.51. The summed E-state index contributed by atoms with van der Waals surface area (Å²) in [4.78, 5) is 10.1. The number of carbonyl (C=O) groups excluding carboxylic acids is 1. The van der Waals surface area contributed by atoms with E-state index >= 15 is 0 Å². The van der Waals surface area contributed by atoms with E-state index in [2.05, 4.69) is 32.0 Å². The fourth-order valence-electron chi connectivity index (χ4n) is 1.51. The average molecular weight is 264 g/mol. The predicted octanol–water partition coefficient (Wildman–Crippen LogP) is 2.62. The van der Waals surface area contributed by atoms with Crippen LogP contribution < -0.4 is 0 Å². The van der Waals surface area contributed by atoms with Crippen molar-refractivity contribution in [3.05, 3.63) is 34.9 Å². The van der Waals surface area contributed by atoms with Gasteiger partial charge in [0, 0.05) is 39.1 Å². The van der Waals surface area contributed by atoms with Gasteiger partial charge in [-0.05, 0) is 6.42 Å². The second-order valence-corrected chi connectivity index (χ2v) is 3.41. The van der Waals surface area contributed by atoms with E-state index in [4.69, 9.17) is 0 Å². The molecule has 0 heterocycles. The first-order valence-electron chi connectivity index (χ1n) is 4.65. The van der Waals surface area contributed by atoms with Crippen molar-refractivity contribution in [2.24, 2.45) is 0 Å². The van der Waals surface area contributed by atoms with Gasteiger partial charge < -0.3 is 4.79 Å². The van der Waals surface area contributed by atoms with E-state index in [0.717, 1.165) is 19.1 Å². The summed E-state index contributed by atoms with van der Waals surface area (Å²) in [5, 5.41) is 0. The maximum Gasteiger partial charge on any atom is 0.120 e. The van der Waals surface area contributed by atoms with E-state index in [1.807, 2.05) is 0 Å². The molecule has 0 aliphatic carbocycles. The van der Waals surface area contributed by atoms with Gasteiger partial charge in [-0.1, -0.05) is 20.3 Å². The average Bonchev–Trinajstić information content (AvgIpc) is 2.03. The van der Waals surface area contributed by atoms with E-state index < -0.39 is 0 Å². The first-order valence-corrected chi connectivity index (χ1v) is 4.65. The number of aldehydes is 1. The quantitative estimate of drug-likeness (QED) is 0.464. The van der Waals surface area contributed by atoms with Crippen LogP contribution in [0.4, 0.5) is 0 Å². The van der Waals surface area contributed by atoms with Crippen LogP contribution in [0.25, 0.3) is 0 Å². The molecule has 0 atom stereocenters. The summed E-state index contributed by atoms with van der Waals surface area (Å²) < 4.78 is 0. The van der Waals surface area contributed by atoms with Crippen LogP contribution in [0.15, 0.2) is 12.1 Å². The van der Waals surface area contributed by atoms with Crippen LogP contribution in [0.1, 0.15) is 29.5 Å². The van der Waals surface area contributed by atoms with E-state index in [1.165, 1.54) is 16.7 Å². The molecule has 14 heavy (non-hydrogen) atoms. The summed E-state index contributed by atoms with van der Waals surface area (Å²) in [6.45, 7) is 4.10. The zero-order valence-electron chi connectivity index (χ0n) is 8.84. The second-order valence-electron chi connectivity index (χ2n) is 3.41. The monoisotopic (exact) mass is 264 g/mol. The predicted molar refractivity (Wildman–Crippen MR) is 53.8 cm³/mol. The van der Waals surface area contributed by atoms with Crippen molar-refractivity contribution in [2.45, 2.75) is 33.1 Å². The van der Waals surface area contributed by atoms with Gasteiger partial charge in [0.1, 0.15) is 6.29 Å². The molecule has 0 aromatic heterocycles. The van der Waals surface area contributed by atoms with Crippen molar-refractivity contribution in [3.63, 3.8) is 0 Å². The Morgan fingerprint density at radius 1 is 1.29 bits per heavy atom. The largest absolute Gasteiger partial charge is 0.303 e. The second kappa shape index (κ2) is 7.31. The maximum absolute atomic E-state index is 10.1. The molecule has 0 saturated heterocycles. The molecule has 1 nitrogen and oxygen atoms in total. The molecule has 0 aliphatic rings. The third-order valence-electron chi connectivity index (χ3n) is 1.99. The van der Waals surface area contributed by atoms with Crippen molar-refractivity contribution in [1.29, 1.82) is 0 Å². The third-order valence-corrected chi connectivity index (χ3v) is 1.99. The van der Waals surface area contributed by atoms with Gasteiger partial charge in [-0.2, -0.15) is 34.9 Å². The molecule has 0 aliphatic heterocycles. The Bertz CT molecular complexity index is 274. The number of benzene rings is 1. The Labute approximate surface area is 111 Å². The number of unbranched alkanes of at least 4 members (excludes halogenated alkanes) is 1. The molecule has 2 heteroatoms. The van der Waals surface area contributed by atoms with E-state index in [0.29, 0.717) is 6.42 Å². The molecule has 1 aromatic carbocycles. The van der Waals surface area contributed by atoms with Gasteiger partial charge >= 0.3 is 0 Å². The molecule has 73 valence electrons. The zero-order valence-corrected chi connectivity index (χ0v) is 11.7. The standard InChI is InChI=1S/C12H15O.Y/c1-10-7-11(2)9-12(8-10)5-3-4-6-13;/h6,8-9H,3-5H2,1-2H3;/q-1;. The van der Waals surface area contributed by atoms with Gasteiger partial charge in [0.25, 0.3) is 0 Å². The van der Waals surface area contributed by atoms with Gasteiger partial charge in [0.15, 0.2) is 0 Å². The molecule has 0 saturated carbocycles. The van der Waals surface area contributed by atoms with Crippen LogP contribution in [-0.4, -0.2) is 6.29 Å². The topological polar surface area (TPSA) is 17.1 Å². The van der Waals surface area contributed by atoms with Crippen molar-refractivity contribution in [2.75, 3.05) is 0 Å². The molecule has 1 aromatic rings. The van der Waals surface area contributed by atoms with Gasteiger partial charge in [0.2, 0.25) is 0 Å². The Morgan fingerprint density at radius 3 is 2.36 bits per heavy atom. The van der Waals surface area contributed by atoms with Crippen molar-refractivity contribution in [1.82, 2.24) is 0 Å². The Morgan fingerprint density at radius 2 is 1.86 bits per heavy atom. The minimum atomic E-state index is 0. The van der Waals surface area contributed by atoms with Crippen LogP contribution in [0, 0.1) is 19.9 Å². The minimum Gasteiger partial charge on any atom is -0.303 e. The van der Waals surface area contributed by atoms with Crippen LogP contribution in [0.2, 0.25) is 0 Å². The molecule has 0 amide bonds. The molecule has 0 unspecified atom stereocenters. The summed E-state index contributed by atoms with van der Waals surface area (Å²) >= 11 is 0. The number of carbonyl (C=O) groups is 1. The molecule has 0 N–H and O–H groups in total. The van der Waals surface area contributed by atoms with E-state index in [1.54, 1.807) is 0 Å². The third kappa shape index (κ3) is 5.02. The first kappa shape index (κ1) is 14.0. The molecular formula is C12H15OY-. The first-order chi connectivity index (χ1) is 6.22. The van der Waals surface area contributed by atoms with Crippen LogP contribution in [0.5, 0.6) is 0 Å². The molecule has 0 bridgehead atoms. The Hall–Kier alpha value is -0.00610. The summed E-state index contributed by atoms with van der Waals surface area (Å²) in [6, 6.07) is 7.50. The number of hydrogen-bond acceptors (Lipinski definition) is 1. The van der Waals surface area contributed by atoms with Crippen LogP contribution in [-0.2, 0) is 43.9 Å². The van der Waals surface area contributed by atoms with Crippen LogP contribution in [0.3, 0.4) is 0 Å². The minimum absolute atomic E-state index is 0. The SMILES string of the molecule is Cc1[c-]c(C)cc(CCCC=O)c1.[Y]. The normalized spacial score (nSPS) is 9.29. The van der Waals surface area contributed by atoms with E-state index in [-0.39, 0.29) is 32.7 Å². The number of aryl methyl sites for hydroxylation is 3.